The molecule has 0 atom stereocenters. The number of aryl methyl sites for hydroxylation is 1. The molecule has 0 unspecified atom stereocenters. The van der Waals surface area contributed by atoms with E-state index in [4.69, 9.17) is 4.74 Å². The number of benzene rings is 2. The first-order valence-corrected chi connectivity index (χ1v) is 6.11. The molecule has 2 aromatic rings. The van der Waals surface area contributed by atoms with Crippen LogP contribution in [0.15, 0.2) is 36.4 Å². The fraction of sp³-hybridized carbons (Fsp3) is 0.200. The third-order valence-electron chi connectivity index (χ3n) is 3.15. The van der Waals surface area contributed by atoms with Crippen molar-refractivity contribution in [1.29, 1.82) is 0 Å². The molecule has 0 aliphatic carbocycles. The molecule has 0 aliphatic rings. The summed E-state index contributed by atoms with van der Waals surface area (Å²) in [4.78, 5) is 10.4. The maximum absolute atomic E-state index is 13.8. The monoisotopic (exact) mass is 275 g/mol. The standard InChI is InChI=1S/C15H14FNO3/c1-10-5-3-8-14(15(10)16)20-9-12-6-4-7-13(11(12)2)17(18)19/h3-8H,9H2,1-2H3. The first-order chi connectivity index (χ1) is 9.50. The Hall–Kier alpha value is -2.43. The van der Waals surface area contributed by atoms with Crippen molar-refractivity contribution in [2.45, 2.75) is 20.5 Å². The lowest BCUT2D eigenvalue weighted by Gasteiger charge is -2.10. The SMILES string of the molecule is Cc1cccc(OCc2cccc([N+](=O)[O-])c2C)c1F. The Labute approximate surface area is 116 Å². The van der Waals surface area contributed by atoms with Gasteiger partial charge in [-0.05, 0) is 31.0 Å². The second kappa shape index (κ2) is 5.69. The summed E-state index contributed by atoms with van der Waals surface area (Å²) < 4.78 is 19.2. The molecule has 0 saturated carbocycles. The summed E-state index contributed by atoms with van der Waals surface area (Å²) >= 11 is 0. The van der Waals surface area contributed by atoms with Gasteiger partial charge in [-0.15, -0.1) is 0 Å². The maximum atomic E-state index is 13.8. The molecule has 0 radical (unpaired) electrons. The Balaban J connectivity index is 2.21. The van der Waals surface area contributed by atoms with Gasteiger partial charge in [0.05, 0.1) is 4.92 Å². The zero-order chi connectivity index (χ0) is 14.7. The number of hydrogen-bond donors (Lipinski definition) is 0. The summed E-state index contributed by atoms with van der Waals surface area (Å²) in [6.45, 7) is 3.40. The van der Waals surface area contributed by atoms with Gasteiger partial charge in [-0.2, -0.15) is 0 Å². The van der Waals surface area contributed by atoms with Crippen LogP contribution in [0.4, 0.5) is 10.1 Å². The minimum Gasteiger partial charge on any atom is -0.486 e. The van der Waals surface area contributed by atoms with Crippen molar-refractivity contribution < 1.29 is 14.1 Å². The predicted octanol–water partition coefficient (Wildman–Crippen LogP) is 3.93. The minimum absolute atomic E-state index is 0.0378. The first kappa shape index (κ1) is 14.0. The van der Waals surface area contributed by atoms with Crippen molar-refractivity contribution in [2.24, 2.45) is 0 Å². The highest BCUT2D eigenvalue weighted by Gasteiger charge is 2.14. The summed E-state index contributed by atoms with van der Waals surface area (Å²) in [7, 11) is 0. The van der Waals surface area contributed by atoms with E-state index < -0.39 is 10.7 Å². The van der Waals surface area contributed by atoms with Gasteiger partial charge in [0.2, 0.25) is 0 Å². The van der Waals surface area contributed by atoms with Gasteiger partial charge in [-0.3, -0.25) is 10.1 Å². The first-order valence-electron chi connectivity index (χ1n) is 6.11. The molecule has 104 valence electrons. The highest BCUT2D eigenvalue weighted by molar-refractivity contribution is 5.44. The smallest absolute Gasteiger partial charge is 0.272 e. The number of hydrogen-bond acceptors (Lipinski definition) is 3. The van der Waals surface area contributed by atoms with E-state index in [1.807, 2.05) is 0 Å². The summed E-state index contributed by atoms with van der Waals surface area (Å²) in [5.74, 6) is -0.258. The van der Waals surface area contributed by atoms with Crippen LogP contribution in [0.25, 0.3) is 0 Å². The second-order valence-corrected chi connectivity index (χ2v) is 4.49. The predicted molar refractivity (Wildman–Crippen MR) is 73.3 cm³/mol. The van der Waals surface area contributed by atoms with Crippen molar-refractivity contribution in [2.75, 3.05) is 0 Å². The van der Waals surface area contributed by atoms with Crippen molar-refractivity contribution in [3.05, 3.63) is 69.0 Å². The summed E-state index contributed by atoms with van der Waals surface area (Å²) in [5.41, 5.74) is 1.74. The molecule has 5 heteroatoms. The largest absolute Gasteiger partial charge is 0.486 e. The van der Waals surface area contributed by atoms with Gasteiger partial charge in [0, 0.05) is 11.6 Å². The highest BCUT2D eigenvalue weighted by atomic mass is 19.1. The molecule has 2 rings (SSSR count). The topological polar surface area (TPSA) is 52.4 Å². The Morgan fingerprint density at radius 3 is 2.60 bits per heavy atom. The lowest BCUT2D eigenvalue weighted by Crippen LogP contribution is -2.02. The molecule has 0 aliphatic heterocycles. The molecule has 4 nitrogen and oxygen atoms in total. The summed E-state index contributed by atoms with van der Waals surface area (Å²) in [5, 5.41) is 10.9. The average molecular weight is 275 g/mol. The molecule has 20 heavy (non-hydrogen) atoms. The zero-order valence-corrected chi connectivity index (χ0v) is 11.2. The normalized spacial score (nSPS) is 10.3. The Kier molecular flexibility index (Phi) is 3.98. The molecule has 0 fully saturated rings. The summed E-state index contributed by atoms with van der Waals surface area (Å²) in [6.07, 6.45) is 0. The van der Waals surface area contributed by atoms with E-state index in [9.17, 15) is 14.5 Å². The van der Waals surface area contributed by atoms with Crippen LogP contribution in [0.1, 0.15) is 16.7 Å². The van der Waals surface area contributed by atoms with Gasteiger partial charge in [0.25, 0.3) is 5.69 Å². The molecule has 0 spiro atoms. The second-order valence-electron chi connectivity index (χ2n) is 4.49. The lowest BCUT2D eigenvalue weighted by molar-refractivity contribution is -0.385. The summed E-state index contributed by atoms with van der Waals surface area (Å²) in [6, 6.07) is 9.66. The van der Waals surface area contributed by atoms with Crippen molar-refractivity contribution in [1.82, 2.24) is 0 Å². The van der Waals surface area contributed by atoms with Crippen LogP contribution in [0.3, 0.4) is 0 Å². The minimum atomic E-state index is -0.438. The zero-order valence-electron chi connectivity index (χ0n) is 11.2. The van der Waals surface area contributed by atoms with Gasteiger partial charge in [0.15, 0.2) is 11.6 Å². The number of rotatable bonds is 4. The fourth-order valence-corrected chi connectivity index (χ4v) is 1.91. The fourth-order valence-electron chi connectivity index (χ4n) is 1.91. The van der Waals surface area contributed by atoms with Gasteiger partial charge in [0.1, 0.15) is 6.61 Å². The van der Waals surface area contributed by atoms with Crippen molar-refractivity contribution >= 4 is 5.69 Å². The van der Waals surface area contributed by atoms with Crippen molar-refractivity contribution in [3.63, 3.8) is 0 Å². The van der Waals surface area contributed by atoms with E-state index >= 15 is 0 Å². The van der Waals surface area contributed by atoms with E-state index in [1.165, 1.54) is 12.1 Å². The molecule has 0 saturated heterocycles. The van der Waals surface area contributed by atoms with E-state index in [0.29, 0.717) is 16.7 Å². The lowest BCUT2D eigenvalue weighted by atomic mass is 10.1. The maximum Gasteiger partial charge on any atom is 0.272 e. The Bertz CT molecular complexity index is 656. The Morgan fingerprint density at radius 2 is 1.90 bits per heavy atom. The number of halogens is 1. The molecule has 0 aromatic heterocycles. The molecule has 0 bridgehead atoms. The number of nitro groups is 1. The third kappa shape index (κ3) is 2.77. The Morgan fingerprint density at radius 1 is 1.20 bits per heavy atom. The van der Waals surface area contributed by atoms with Crippen LogP contribution >= 0.6 is 0 Å². The van der Waals surface area contributed by atoms with Crippen LogP contribution < -0.4 is 4.74 Å². The third-order valence-corrected chi connectivity index (χ3v) is 3.15. The quantitative estimate of drug-likeness (QED) is 0.627. The molecular weight excluding hydrogens is 261 g/mol. The van der Waals surface area contributed by atoms with E-state index in [1.54, 1.807) is 38.1 Å². The number of nitrogens with zero attached hydrogens (tertiary/aromatic N) is 1. The van der Waals surface area contributed by atoms with Gasteiger partial charge in [-0.25, -0.2) is 4.39 Å². The molecular formula is C15H14FNO3. The highest BCUT2D eigenvalue weighted by Crippen LogP contribution is 2.24. The van der Waals surface area contributed by atoms with Gasteiger partial charge >= 0.3 is 0 Å². The van der Waals surface area contributed by atoms with Crippen LogP contribution in [0.5, 0.6) is 5.75 Å². The van der Waals surface area contributed by atoms with E-state index in [-0.39, 0.29) is 18.0 Å². The van der Waals surface area contributed by atoms with Crippen LogP contribution in [0, 0.1) is 29.8 Å². The molecule has 2 aromatic carbocycles. The van der Waals surface area contributed by atoms with Gasteiger partial charge in [-0.1, -0.05) is 24.3 Å². The molecule has 0 heterocycles. The van der Waals surface area contributed by atoms with Crippen LogP contribution in [-0.2, 0) is 6.61 Å². The van der Waals surface area contributed by atoms with E-state index in [2.05, 4.69) is 0 Å². The average Bonchev–Trinajstić information content (AvgIpc) is 2.41. The molecule has 0 N–H and O–H groups in total. The van der Waals surface area contributed by atoms with Crippen LogP contribution in [0.2, 0.25) is 0 Å². The molecule has 0 amide bonds. The van der Waals surface area contributed by atoms with Crippen molar-refractivity contribution in [3.8, 4) is 5.75 Å². The number of nitro benzene ring substituents is 1. The van der Waals surface area contributed by atoms with Gasteiger partial charge < -0.3 is 4.74 Å². The van der Waals surface area contributed by atoms with E-state index in [0.717, 1.165) is 0 Å². The van der Waals surface area contributed by atoms with Crippen LogP contribution in [-0.4, -0.2) is 4.92 Å². The number of ether oxygens (including phenoxy) is 1.